The maximum atomic E-state index is 13.6. The lowest BCUT2D eigenvalue weighted by Crippen LogP contribution is -2.48. The normalized spacial score (nSPS) is 14.8. The third-order valence-electron chi connectivity index (χ3n) is 4.39. The summed E-state index contributed by atoms with van der Waals surface area (Å²) in [5, 5.41) is 0.723. The van der Waals surface area contributed by atoms with Gasteiger partial charge in [0.2, 0.25) is 5.91 Å². The highest BCUT2D eigenvalue weighted by molar-refractivity contribution is 6.30. The number of carbonyl (C=O) groups excluding carboxylic acids is 1. The molecule has 3 rings (SSSR count). The van der Waals surface area contributed by atoms with Crippen molar-refractivity contribution in [3.63, 3.8) is 0 Å². The minimum atomic E-state index is -0.238. The Morgan fingerprint density at radius 3 is 2.33 bits per heavy atom. The Balaban J connectivity index is 1.50. The van der Waals surface area contributed by atoms with Gasteiger partial charge in [0.05, 0.1) is 0 Å². The number of carbonyl (C=O) groups is 1. The van der Waals surface area contributed by atoms with Gasteiger partial charge < -0.3 is 9.80 Å². The van der Waals surface area contributed by atoms with Crippen molar-refractivity contribution in [2.24, 2.45) is 0 Å². The van der Waals surface area contributed by atoms with Crippen molar-refractivity contribution < 1.29 is 9.18 Å². The van der Waals surface area contributed by atoms with Crippen LogP contribution >= 0.6 is 11.6 Å². The summed E-state index contributed by atoms with van der Waals surface area (Å²) in [5.74, 6) is -0.146. The van der Waals surface area contributed by atoms with Crippen molar-refractivity contribution in [1.82, 2.24) is 4.90 Å². The number of benzene rings is 2. The first-order valence-corrected chi connectivity index (χ1v) is 8.53. The molecule has 126 valence electrons. The number of halogens is 2. The molecule has 1 aliphatic heterocycles. The summed E-state index contributed by atoms with van der Waals surface area (Å²) in [4.78, 5) is 16.5. The van der Waals surface area contributed by atoms with Crippen LogP contribution in [0, 0.1) is 5.82 Å². The summed E-state index contributed by atoms with van der Waals surface area (Å²) in [6.07, 6.45) is 0.796. The van der Waals surface area contributed by atoms with Crippen molar-refractivity contribution in [2.75, 3.05) is 31.1 Å². The van der Waals surface area contributed by atoms with Crippen LogP contribution in [0.25, 0.3) is 0 Å². The minimum Gasteiger partial charge on any atom is -0.368 e. The molecule has 2 aromatic rings. The van der Waals surface area contributed by atoms with E-state index in [0.29, 0.717) is 31.5 Å². The fourth-order valence-electron chi connectivity index (χ4n) is 2.97. The van der Waals surface area contributed by atoms with E-state index in [1.165, 1.54) is 6.07 Å². The molecule has 0 aliphatic carbocycles. The zero-order chi connectivity index (χ0) is 16.9. The summed E-state index contributed by atoms with van der Waals surface area (Å²) in [5.41, 5.74) is 1.73. The van der Waals surface area contributed by atoms with Gasteiger partial charge in [-0.15, -0.1) is 0 Å². The lowest BCUT2D eigenvalue weighted by molar-refractivity contribution is -0.131. The SMILES string of the molecule is O=C(CCc1ccccc1F)N1CCN(c2ccc(Cl)cc2)CC1. The maximum absolute atomic E-state index is 13.6. The third-order valence-corrected chi connectivity index (χ3v) is 4.64. The number of nitrogens with zero attached hydrogens (tertiary/aromatic N) is 2. The summed E-state index contributed by atoms with van der Waals surface area (Å²) >= 11 is 5.91. The van der Waals surface area contributed by atoms with Gasteiger partial charge in [0.25, 0.3) is 0 Å². The molecule has 5 heteroatoms. The molecule has 0 spiro atoms. The molecule has 2 aromatic carbocycles. The Hall–Kier alpha value is -2.07. The van der Waals surface area contributed by atoms with Crippen LogP contribution in [0.5, 0.6) is 0 Å². The second-order valence-electron chi connectivity index (χ2n) is 5.94. The molecule has 1 heterocycles. The number of piperazine rings is 1. The van der Waals surface area contributed by atoms with Crippen LogP contribution in [0.4, 0.5) is 10.1 Å². The van der Waals surface area contributed by atoms with Crippen LogP contribution in [-0.2, 0) is 11.2 Å². The Bertz CT molecular complexity index is 697. The zero-order valence-corrected chi connectivity index (χ0v) is 14.2. The average Bonchev–Trinajstić information content (AvgIpc) is 2.62. The van der Waals surface area contributed by atoms with Crippen LogP contribution in [0.15, 0.2) is 48.5 Å². The highest BCUT2D eigenvalue weighted by Crippen LogP contribution is 2.20. The largest absolute Gasteiger partial charge is 0.368 e. The first kappa shape index (κ1) is 16.8. The van der Waals surface area contributed by atoms with Gasteiger partial charge in [-0.2, -0.15) is 0 Å². The number of amides is 1. The van der Waals surface area contributed by atoms with Gasteiger partial charge in [0.15, 0.2) is 0 Å². The van der Waals surface area contributed by atoms with Crippen LogP contribution in [0.2, 0.25) is 5.02 Å². The Morgan fingerprint density at radius 2 is 1.67 bits per heavy atom. The first-order valence-electron chi connectivity index (χ1n) is 8.15. The van der Waals surface area contributed by atoms with Crippen molar-refractivity contribution in [2.45, 2.75) is 12.8 Å². The number of anilines is 1. The highest BCUT2D eigenvalue weighted by atomic mass is 35.5. The van der Waals surface area contributed by atoms with E-state index in [1.54, 1.807) is 18.2 Å². The second kappa shape index (κ2) is 7.67. The zero-order valence-electron chi connectivity index (χ0n) is 13.4. The molecule has 3 nitrogen and oxygen atoms in total. The summed E-state index contributed by atoms with van der Waals surface area (Å²) in [7, 11) is 0. The van der Waals surface area contributed by atoms with Gasteiger partial charge in [0, 0.05) is 43.3 Å². The summed E-state index contributed by atoms with van der Waals surface area (Å²) in [6, 6.07) is 14.4. The molecule has 1 aliphatic rings. The molecular formula is C19H20ClFN2O. The molecule has 1 amide bonds. The quantitative estimate of drug-likeness (QED) is 0.841. The molecule has 0 atom stereocenters. The lowest BCUT2D eigenvalue weighted by atomic mass is 10.1. The van der Waals surface area contributed by atoms with Gasteiger partial charge in [0.1, 0.15) is 5.82 Å². The number of rotatable bonds is 4. The molecule has 0 saturated carbocycles. The van der Waals surface area contributed by atoms with E-state index in [-0.39, 0.29) is 11.7 Å². The number of hydrogen-bond acceptors (Lipinski definition) is 2. The average molecular weight is 347 g/mol. The van der Waals surface area contributed by atoms with Gasteiger partial charge >= 0.3 is 0 Å². The first-order chi connectivity index (χ1) is 11.6. The fraction of sp³-hybridized carbons (Fsp3) is 0.316. The van der Waals surface area contributed by atoms with Gasteiger partial charge in [-0.05, 0) is 42.3 Å². The Kier molecular flexibility index (Phi) is 5.36. The van der Waals surface area contributed by atoms with Crippen molar-refractivity contribution in [1.29, 1.82) is 0 Å². The lowest BCUT2D eigenvalue weighted by Gasteiger charge is -2.36. The minimum absolute atomic E-state index is 0.0917. The van der Waals surface area contributed by atoms with E-state index in [1.807, 2.05) is 29.2 Å². The summed E-state index contributed by atoms with van der Waals surface area (Å²) in [6.45, 7) is 2.98. The van der Waals surface area contributed by atoms with Gasteiger partial charge in [-0.25, -0.2) is 4.39 Å². The molecular weight excluding hydrogens is 327 g/mol. The van der Waals surface area contributed by atoms with Gasteiger partial charge in [-0.1, -0.05) is 29.8 Å². The van der Waals surface area contributed by atoms with E-state index in [0.717, 1.165) is 23.8 Å². The van der Waals surface area contributed by atoms with Crippen LogP contribution < -0.4 is 4.90 Å². The molecule has 0 unspecified atom stereocenters. The predicted molar refractivity (Wildman–Crippen MR) is 95.0 cm³/mol. The highest BCUT2D eigenvalue weighted by Gasteiger charge is 2.21. The number of aryl methyl sites for hydroxylation is 1. The monoisotopic (exact) mass is 346 g/mol. The Labute approximate surface area is 146 Å². The van der Waals surface area contributed by atoms with Crippen LogP contribution in [0.3, 0.4) is 0 Å². The number of hydrogen-bond donors (Lipinski definition) is 0. The van der Waals surface area contributed by atoms with Crippen LogP contribution in [-0.4, -0.2) is 37.0 Å². The van der Waals surface area contributed by atoms with Crippen molar-refractivity contribution in [3.8, 4) is 0 Å². The van der Waals surface area contributed by atoms with E-state index in [9.17, 15) is 9.18 Å². The Morgan fingerprint density at radius 1 is 1.00 bits per heavy atom. The molecule has 0 bridgehead atoms. The van der Waals surface area contributed by atoms with Gasteiger partial charge in [-0.3, -0.25) is 4.79 Å². The van der Waals surface area contributed by atoms with E-state index in [2.05, 4.69) is 4.90 Å². The standard InChI is InChI=1S/C19H20ClFN2O/c20-16-6-8-17(9-7-16)22-11-13-23(14-12-22)19(24)10-5-15-3-1-2-4-18(15)21/h1-4,6-9H,5,10-14H2. The van der Waals surface area contributed by atoms with Crippen LogP contribution in [0.1, 0.15) is 12.0 Å². The predicted octanol–water partition coefficient (Wildman–Crippen LogP) is 3.76. The van der Waals surface area contributed by atoms with E-state index < -0.39 is 0 Å². The van der Waals surface area contributed by atoms with Crippen molar-refractivity contribution in [3.05, 3.63) is 64.9 Å². The smallest absolute Gasteiger partial charge is 0.223 e. The molecule has 24 heavy (non-hydrogen) atoms. The topological polar surface area (TPSA) is 23.6 Å². The van der Waals surface area contributed by atoms with E-state index >= 15 is 0 Å². The molecule has 0 radical (unpaired) electrons. The molecule has 0 aromatic heterocycles. The maximum Gasteiger partial charge on any atom is 0.223 e. The van der Waals surface area contributed by atoms with Crippen molar-refractivity contribution >= 4 is 23.2 Å². The summed E-state index contributed by atoms with van der Waals surface area (Å²) < 4.78 is 13.6. The molecule has 1 fully saturated rings. The molecule has 0 N–H and O–H groups in total. The third kappa shape index (κ3) is 4.06. The second-order valence-corrected chi connectivity index (χ2v) is 6.37. The molecule has 1 saturated heterocycles. The van der Waals surface area contributed by atoms with E-state index in [4.69, 9.17) is 11.6 Å². The fourth-order valence-corrected chi connectivity index (χ4v) is 3.09.